The number of nitrogens with two attached hydrogens (primary N) is 1. The van der Waals surface area contributed by atoms with E-state index in [0.29, 0.717) is 25.2 Å². The van der Waals surface area contributed by atoms with E-state index in [2.05, 4.69) is 10.2 Å². The van der Waals surface area contributed by atoms with Crippen LogP contribution in [0.5, 0.6) is 0 Å². The molecule has 0 bridgehead atoms. The molecule has 0 spiro atoms. The Labute approximate surface area is 118 Å². The first-order valence-electron chi connectivity index (χ1n) is 6.71. The van der Waals surface area contributed by atoms with Crippen molar-refractivity contribution in [2.75, 3.05) is 25.9 Å². The monoisotopic (exact) mass is 279 g/mol. The molecule has 2 rings (SSSR count). The lowest BCUT2D eigenvalue weighted by atomic mass is 9.97. The predicted octanol–water partition coefficient (Wildman–Crippen LogP) is 0.247. The molecule has 1 fully saturated rings. The van der Waals surface area contributed by atoms with E-state index in [-0.39, 0.29) is 17.5 Å². The molecule has 0 unspecified atom stereocenters. The highest BCUT2D eigenvalue weighted by molar-refractivity contribution is 6.01. The van der Waals surface area contributed by atoms with Crippen molar-refractivity contribution >= 4 is 17.5 Å². The summed E-state index contributed by atoms with van der Waals surface area (Å²) in [4.78, 5) is 28.0. The Balaban J connectivity index is 2.33. The van der Waals surface area contributed by atoms with Crippen LogP contribution in [0.25, 0.3) is 0 Å². The molecule has 20 heavy (non-hydrogen) atoms. The second kappa shape index (κ2) is 4.81. The summed E-state index contributed by atoms with van der Waals surface area (Å²) in [5.74, 6) is -0.383. The Hall–Kier alpha value is -2.05. The fourth-order valence-corrected chi connectivity index (χ4v) is 2.52. The Morgan fingerprint density at radius 1 is 1.45 bits per heavy atom. The highest BCUT2D eigenvalue weighted by atomic mass is 16.2. The largest absolute Gasteiger partial charge is 0.395 e. The standard InChI is InChI=1S/C13H21N5O2/c1-5-8-9(14)10(16-15-8)11(19)18-7-6-17(4)12(20)13(18,2)3/h5-7,14H2,1-4H3,(H,15,16). The third-order valence-corrected chi connectivity index (χ3v) is 3.89. The summed E-state index contributed by atoms with van der Waals surface area (Å²) in [6, 6.07) is 0. The number of rotatable bonds is 2. The van der Waals surface area contributed by atoms with Gasteiger partial charge in [0, 0.05) is 20.1 Å². The van der Waals surface area contributed by atoms with E-state index in [1.54, 1.807) is 30.7 Å². The van der Waals surface area contributed by atoms with Crippen LogP contribution in [0, 0.1) is 0 Å². The van der Waals surface area contributed by atoms with Crippen molar-refractivity contribution < 1.29 is 9.59 Å². The van der Waals surface area contributed by atoms with Crippen LogP contribution in [0.15, 0.2) is 0 Å². The highest BCUT2D eigenvalue weighted by Crippen LogP contribution is 2.25. The number of hydrogen-bond acceptors (Lipinski definition) is 4. The van der Waals surface area contributed by atoms with Gasteiger partial charge in [0.1, 0.15) is 5.54 Å². The third kappa shape index (κ3) is 2.03. The number of aromatic nitrogens is 2. The molecule has 2 amide bonds. The van der Waals surface area contributed by atoms with Gasteiger partial charge in [0.2, 0.25) is 5.91 Å². The van der Waals surface area contributed by atoms with Gasteiger partial charge in [-0.25, -0.2) is 0 Å². The average Bonchev–Trinajstić information content (AvgIpc) is 2.76. The molecule has 1 aromatic heterocycles. The number of hydrogen-bond donors (Lipinski definition) is 2. The molecule has 1 aliphatic heterocycles. The number of H-pyrrole nitrogens is 1. The van der Waals surface area contributed by atoms with Crippen LogP contribution in [-0.4, -0.2) is 57.5 Å². The maximum absolute atomic E-state index is 12.6. The minimum Gasteiger partial charge on any atom is -0.395 e. The molecule has 0 atom stereocenters. The molecule has 0 aromatic carbocycles. The third-order valence-electron chi connectivity index (χ3n) is 3.89. The van der Waals surface area contributed by atoms with Gasteiger partial charge in [-0.3, -0.25) is 14.7 Å². The molecule has 1 aromatic rings. The number of carbonyl (C=O) groups excluding carboxylic acids is 2. The first-order valence-corrected chi connectivity index (χ1v) is 6.71. The topological polar surface area (TPSA) is 95.3 Å². The van der Waals surface area contributed by atoms with Crippen LogP contribution in [0.1, 0.15) is 37.0 Å². The van der Waals surface area contributed by atoms with Gasteiger partial charge in [0.15, 0.2) is 5.69 Å². The lowest BCUT2D eigenvalue weighted by Gasteiger charge is -2.44. The summed E-state index contributed by atoms with van der Waals surface area (Å²) in [7, 11) is 1.74. The fourth-order valence-electron chi connectivity index (χ4n) is 2.52. The van der Waals surface area contributed by atoms with Crippen molar-refractivity contribution in [2.24, 2.45) is 0 Å². The van der Waals surface area contributed by atoms with Gasteiger partial charge in [-0.15, -0.1) is 0 Å². The number of carbonyl (C=O) groups is 2. The number of likely N-dealkylation sites (N-methyl/N-ethyl adjacent to an activating group) is 1. The maximum atomic E-state index is 12.6. The molecule has 2 heterocycles. The summed E-state index contributed by atoms with van der Waals surface area (Å²) in [6.07, 6.45) is 0.678. The van der Waals surface area contributed by atoms with Crippen molar-refractivity contribution in [3.8, 4) is 0 Å². The molecular formula is C13H21N5O2. The SMILES string of the molecule is CCc1[nH]nc(C(=O)N2CCN(C)C(=O)C2(C)C)c1N. The first kappa shape index (κ1) is 14.4. The van der Waals surface area contributed by atoms with E-state index >= 15 is 0 Å². The summed E-state index contributed by atoms with van der Waals surface area (Å²) >= 11 is 0. The van der Waals surface area contributed by atoms with Crippen molar-refractivity contribution in [1.82, 2.24) is 20.0 Å². The van der Waals surface area contributed by atoms with E-state index in [0.717, 1.165) is 5.69 Å². The van der Waals surface area contributed by atoms with Gasteiger partial charge in [-0.05, 0) is 20.3 Å². The zero-order valence-corrected chi connectivity index (χ0v) is 12.4. The Kier molecular flexibility index (Phi) is 3.45. The molecule has 1 saturated heterocycles. The van der Waals surface area contributed by atoms with Crippen LogP contribution in [0.2, 0.25) is 0 Å². The number of amides is 2. The Morgan fingerprint density at radius 3 is 2.65 bits per heavy atom. The van der Waals surface area contributed by atoms with Crippen LogP contribution in [0.4, 0.5) is 5.69 Å². The van der Waals surface area contributed by atoms with E-state index in [1.807, 2.05) is 6.92 Å². The number of aromatic amines is 1. The number of nitrogens with zero attached hydrogens (tertiary/aromatic N) is 3. The second-order valence-electron chi connectivity index (χ2n) is 5.56. The maximum Gasteiger partial charge on any atom is 0.277 e. The summed E-state index contributed by atoms with van der Waals surface area (Å²) < 4.78 is 0. The van der Waals surface area contributed by atoms with Gasteiger partial charge < -0.3 is 15.5 Å². The quantitative estimate of drug-likeness (QED) is 0.811. The van der Waals surface area contributed by atoms with Crippen molar-refractivity contribution in [3.63, 3.8) is 0 Å². The lowest BCUT2D eigenvalue weighted by Crippen LogP contribution is -2.63. The van der Waals surface area contributed by atoms with Crippen molar-refractivity contribution in [1.29, 1.82) is 0 Å². The van der Waals surface area contributed by atoms with Crippen LogP contribution < -0.4 is 5.73 Å². The molecule has 7 heteroatoms. The number of aryl methyl sites for hydroxylation is 1. The van der Waals surface area contributed by atoms with Gasteiger partial charge in [0.05, 0.1) is 11.4 Å². The highest BCUT2D eigenvalue weighted by Gasteiger charge is 2.44. The molecule has 1 aliphatic rings. The van der Waals surface area contributed by atoms with Gasteiger partial charge in [-0.2, -0.15) is 5.10 Å². The number of nitrogen functional groups attached to an aromatic ring is 1. The smallest absolute Gasteiger partial charge is 0.277 e. The zero-order chi connectivity index (χ0) is 15.1. The van der Waals surface area contributed by atoms with Crippen LogP contribution >= 0.6 is 0 Å². The average molecular weight is 279 g/mol. The number of nitrogens with one attached hydrogen (secondary N) is 1. The van der Waals surface area contributed by atoms with Crippen LogP contribution in [0.3, 0.4) is 0 Å². The zero-order valence-electron chi connectivity index (χ0n) is 12.4. The Morgan fingerprint density at radius 2 is 2.10 bits per heavy atom. The Bertz CT molecular complexity index is 549. The van der Waals surface area contributed by atoms with E-state index < -0.39 is 5.54 Å². The molecule has 0 aliphatic carbocycles. The minimum atomic E-state index is -0.887. The van der Waals surface area contributed by atoms with E-state index in [4.69, 9.17) is 5.73 Å². The molecule has 0 saturated carbocycles. The summed E-state index contributed by atoms with van der Waals surface area (Å²) in [5, 5.41) is 6.78. The molecule has 3 N–H and O–H groups in total. The van der Waals surface area contributed by atoms with Gasteiger partial charge >= 0.3 is 0 Å². The normalized spacial score (nSPS) is 18.5. The minimum absolute atomic E-state index is 0.0816. The van der Waals surface area contributed by atoms with Crippen molar-refractivity contribution in [3.05, 3.63) is 11.4 Å². The number of piperazine rings is 1. The van der Waals surface area contributed by atoms with Gasteiger partial charge in [-0.1, -0.05) is 6.92 Å². The lowest BCUT2D eigenvalue weighted by molar-refractivity contribution is -0.144. The number of anilines is 1. The van der Waals surface area contributed by atoms with E-state index in [9.17, 15) is 9.59 Å². The van der Waals surface area contributed by atoms with Crippen molar-refractivity contribution in [2.45, 2.75) is 32.7 Å². The first-order chi connectivity index (χ1) is 9.30. The summed E-state index contributed by atoms with van der Waals surface area (Å²) in [5.41, 5.74) is 6.37. The fraction of sp³-hybridized carbons (Fsp3) is 0.615. The molecular weight excluding hydrogens is 258 g/mol. The van der Waals surface area contributed by atoms with Gasteiger partial charge in [0.25, 0.3) is 5.91 Å². The molecule has 110 valence electrons. The molecule has 7 nitrogen and oxygen atoms in total. The molecule has 0 radical (unpaired) electrons. The summed E-state index contributed by atoms with van der Waals surface area (Å²) in [6.45, 7) is 6.40. The van der Waals surface area contributed by atoms with Crippen LogP contribution in [-0.2, 0) is 11.2 Å². The predicted molar refractivity (Wildman–Crippen MR) is 75.1 cm³/mol. The second-order valence-corrected chi connectivity index (χ2v) is 5.56. The van der Waals surface area contributed by atoms with E-state index in [1.165, 1.54) is 0 Å².